The minimum Gasteiger partial charge on any atom is -0.353 e. The third-order valence-corrected chi connectivity index (χ3v) is 2.52. The van der Waals surface area contributed by atoms with E-state index in [0.29, 0.717) is 6.54 Å². The number of rotatable bonds is 5. The summed E-state index contributed by atoms with van der Waals surface area (Å²) in [5, 5.41) is 10.5. The second-order valence-electron chi connectivity index (χ2n) is 3.05. The quantitative estimate of drug-likeness (QED) is 0.798. The van der Waals surface area contributed by atoms with Gasteiger partial charge >= 0.3 is 0 Å². The van der Waals surface area contributed by atoms with Crippen LogP contribution in [-0.4, -0.2) is 24.5 Å². The summed E-state index contributed by atoms with van der Waals surface area (Å²) in [4.78, 5) is 8.34. The fourth-order valence-corrected chi connectivity index (χ4v) is 1.73. The van der Waals surface area contributed by atoms with Gasteiger partial charge in [-0.25, -0.2) is 9.97 Å². The van der Waals surface area contributed by atoms with Gasteiger partial charge in [0, 0.05) is 18.0 Å². The Labute approximate surface area is 91.3 Å². The Bertz CT molecular complexity index is 395. The Morgan fingerprint density at radius 3 is 3.20 bits per heavy atom. The number of nitrogens with one attached hydrogen (secondary N) is 2. The van der Waals surface area contributed by atoms with Crippen molar-refractivity contribution >= 4 is 16.7 Å². The standard InChI is InChI=1S/C8H12N6S/c1-2-3-6-12-8(15-14-6)9-4-7-10-5-11-13-7/h5H,2-4H2,1H3,(H,9,12,14)(H,10,11,13). The van der Waals surface area contributed by atoms with Crippen molar-refractivity contribution < 1.29 is 0 Å². The zero-order chi connectivity index (χ0) is 10.5. The number of aromatic amines is 1. The molecule has 0 fully saturated rings. The van der Waals surface area contributed by atoms with E-state index in [1.165, 1.54) is 17.9 Å². The van der Waals surface area contributed by atoms with Crippen LogP contribution in [0.4, 0.5) is 5.13 Å². The number of anilines is 1. The molecule has 0 saturated carbocycles. The minimum atomic E-state index is 0.598. The molecule has 7 heteroatoms. The number of aryl methyl sites for hydroxylation is 1. The van der Waals surface area contributed by atoms with Gasteiger partial charge in [0.05, 0.1) is 6.54 Å². The van der Waals surface area contributed by atoms with E-state index in [-0.39, 0.29) is 0 Å². The van der Waals surface area contributed by atoms with Crippen LogP contribution in [0.2, 0.25) is 0 Å². The fraction of sp³-hybridized carbons (Fsp3) is 0.500. The summed E-state index contributed by atoms with van der Waals surface area (Å²) >= 11 is 1.38. The summed E-state index contributed by atoms with van der Waals surface area (Å²) in [7, 11) is 0. The van der Waals surface area contributed by atoms with Crippen LogP contribution < -0.4 is 5.32 Å². The molecule has 2 aromatic rings. The maximum Gasteiger partial charge on any atom is 0.202 e. The molecule has 0 saturated heterocycles. The van der Waals surface area contributed by atoms with Gasteiger partial charge in [0.25, 0.3) is 0 Å². The van der Waals surface area contributed by atoms with E-state index in [1.807, 2.05) is 0 Å². The number of hydrogen-bond acceptors (Lipinski definition) is 6. The minimum absolute atomic E-state index is 0.598. The molecule has 0 aromatic carbocycles. The van der Waals surface area contributed by atoms with E-state index >= 15 is 0 Å². The first kappa shape index (κ1) is 10.0. The van der Waals surface area contributed by atoms with E-state index in [9.17, 15) is 0 Å². The Morgan fingerprint density at radius 1 is 1.53 bits per heavy atom. The van der Waals surface area contributed by atoms with Gasteiger partial charge in [0.1, 0.15) is 18.0 Å². The average Bonchev–Trinajstić information content (AvgIpc) is 2.85. The maximum atomic E-state index is 4.33. The molecule has 2 rings (SSSR count). The molecule has 0 aliphatic carbocycles. The van der Waals surface area contributed by atoms with Crippen LogP contribution in [0.3, 0.4) is 0 Å². The number of aromatic nitrogens is 5. The first-order chi connectivity index (χ1) is 7.38. The van der Waals surface area contributed by atoms with E-state index in [4.69, 9.17) is 0 Å². The molecule has 0 bridgehead atoms. The van der Waals surface area contributed by atoms with Crippen molar-refractivity contribution in [3.05, 3.63) is 18.0 Å². The fourth-order valence-electron chi connectivity index (χ4n) is 1.13. The van der Waals surface area contributed by atoms with Crippen molar-refractivity contribution in [1.82, 2.24) is 24.5 Å². The van der Waals surface area contributed by atoms with Crippen LogP contribution >= 0.6 is 11.5 Å². The third-order valence-electron chi connectivity index (χ3n) is 1.81. The van der Waals surface area contributed by atoms with E-state index in [1.54, 1.807) is 0 Å². The summed E-state index contributed by atoms with van der Waals surface area (Å²) in [6.45, 7) is 2.71. The average molecular weight is 224 g/mol. The Balaban J connectivity index is 1.88. The molecule has 2 N–H and O–H groups in total. The molecule has 0 atom stereocenters. The molecule has 15 heavy (non-hydrogen) atoms. The predicted octanol–water partition coefficient (Wildman–Crippen LogP) is 1.22. The maximum absolute atomic E-state index is 4.33. The molecular weight excluding hydrogens is 212 g/mol. The topological polar surface area (TPSA) is 79.4 Å². The Morgan fingerprint density at radius 2 is 2.47 bits per heavy atom. The Hall–Kier alpha value is -1.50. The molecule has 6 nitrogen and oxygen atoms in total. The number of H-pyrrole nitrogens is 1. The normalized spacial score (nSPS) is 10.5. The molecule has 0 radical (unpaired) electrons. The lowest BCUT2D eigenvalue weighted by Crippen LogP contribution is -2.01. The molecule has 2 heterocycles. The highest BCUT2D eigenvalue weighted by molar-refractivity contribution is 7.09. The van der Waals surface area contributed by atoms with Crippen molar-refractivity contribution in [3.8, 4) is 0 Å². The smallest absolute Gasteiger partial charge is 0.202 e. The summed E-state index contributed by atoms with van der Waals surface area (Å²) in [6, 6.07) is 0. The SMILES string of the molecule is CCCc1nsc(NCc2ncn[nH]2)n1. The van der Waals surface area contributed by atoms with Gasteiger partial charge in [-0.15, -0.1) is 0 Å². The predicted molar refractivity (Wildman–Crippen MR) is 57.6 cm³/mol. The van der Waals surface area contributed by atoms with Crippen LogP contribution in [0.1, 0.15) is 25.0 Å². The van der Waals surface area contributed by atoms with Crippen molar-refractivity contribution in [2.75, 3.05) is 5.32 Å². The lowest BCUT2D eigenvalue weighted by molar-refractivity contribution is 0.859. The van der Waals surface area contributed by atoms with E-state index in [0.717, 1.165) is 29.6 Å². The van der Waals surface area contributed by atoms with Crippen molar-refractivity contribution in [1.29, 1.82) is 0 Å². The summed E-state index contributed by atoms with van der Waals surface area (Å²) in [5.41, 5.74) is 0. The highest BCUT2D eigenvalue weighted by Crippen LogP contribution is 2.12. The highest BCUT2D eigenvalue weighted by Gasteiger charge is 2.03. The van der Waals surface area contributed by atoms with Crippen LogP contribution in [0.15, 0.2) is 6.33 Å². The summed E-state index contributed by atoms with van der Waals surface area (Å²) < 4.78 is 4.23. The van der Waals surface area contributed by atoms with Crippen LogP contribution in [0.5, 0.6) is 0 Å². The monoisotopic (exact) mass is 224 g/mol. The first-order valence-corrected chi connectivity index (χ1v) is 5.56. The van der Waals surface area contributed by atoms with Crippen molar-refractivity contribution in [2.24, 2.45) is 0 Å². The first-order valence-electron chi connectivity index (χ1n) is 4.79. The lowest BCUT2D eigenvalue weighted by atomic mass is 10.3. The zero-order valence-electron chi connectivity index (χ0n) is 8.40. The van der Waals surface area contributed by atoms with Crippen molar-refractivity contribution in [3.63, 3.8) is 0 Å². The molecule has 0 unspecified atom stereocenters. The van der Waals surface area contributed by atoms with E-state index in [2.05, 4.69) is 36.8 Å². The van der Waals surface area contributed by atoms with Gasteiger partial charge in [0.15, 0.2) is 0 Å². The molecule has 0 aliphatic heterocycles. The lowest BCUT2D eigenvalue weighted by Gasteiger charge is -1.96. The summed E-state index contributed by atoms with van der Waals surface area (Å²) in [5.74, 6) is 1.70. The van der Waals surface area contributed by atoms with Gasteiger partial charge < -0.3 is 5.32 Å². The molecule has 0 aliphatic rings. The van der Waals surface area contributed by atoms with Gasteiger partial charge in [-0.3, -0.25) is 5.10 Å². The number of hydrogen-bond donors (Lipinski definition) is 2. The van der Waals surface area contributed by atoms with Crippen LogP contribution in [0, 0.1) is 0 Å². The Kier molecular flexibility index (Phi) is 3.23. The van der Waals surface area contributed by atoms with E-state index < -0.39 is 0 Å². The molecular formula is C8H12N6S. The highest BCUT2D eigenvalue weighted by atomic mass is 32.1. The van der Waals surface area contributed by atoms with Crippen molar-refractivity contribution in [2.45, 2.75) is 26.3 Å². The largest absolute Gasteiger partial charge is 0.353 e. The van der Waals surface area contributed by atoms with Gasteiger partial charge in [-0.05, 0) is 6.42 Å². The van der Waals surface area contributed by atoms with Gasteiger partial charge in [-0.1, -0.05) is 6.92 Å². The van der Waals surface area contributed by atoms with Crippen LogP contribution in [-0.2, 0) is 13.0 Å². The second-order valence-corrected chi connectivity index (χ2v) is 3.80. The molecule has 0 spiro atoms. The molecule has 2 aromatic heterocycles. The molecule has 80 valence electrons. The molecule has 0 amide bonds. The van der Waals surface area contributed by atoms with Gasteiger partial charge in [0.2, 0.25) is 5.13 Å². The third kappa shape index (κ3) is 2.72. The van der Waals surface area contributed by atoms with Crippen LogP contribution in [0.25, 0.3) is 0 Å². The summed E-state index contributed by atoms with van der Waals surface area (Å²) in [6.07, 6.45) is 3.48. The van der Waals surface area contributed by atoms with Gasteiger partial charge in [-0.2, -0.15) is 9.47 Å². The second kappa shape index (κ2) is 4.83. The number of nitrogens with zero attached hydrogens (tertiary/aromatic N) is 4. The zero-order valence-corrected chi connectivity index (χ0v) is 9.21.